The molecule has 2 aromatic rings. The molecule has 0 aliphatic carbocycles. The molecular weight excluding hydrogens is 308 g/mol. The molecule has 4 nitrogen and oxygen atoms in total. The van der Waals surface area contributed by atoms with Gasteiger partial charge in [-0.1, -0.05) is 42.8 Å². The predicted molar refractivity (Wildman–Crippen MR) is 93.6 cm³/mol. The number of benzene rings is 1. The molecule has 122 valence electrons. The summed E-state index contributed by atoms with van der Waals surface area (Å²) in [5, 5.41) is 7.57. The number of amides is 2. The third-order valence-electron chi connectivity index (χ3n) is 3.69. The maximum atomic E-state index is 12.3. The summed E-state index contributed by atoms with van der Waals surface area (Å²) in [7, 11) is 0. The number of carbonyl (C=O) groups is 2. The molecule has 23 heavy (non-hydrogen) atoms. The second kappa shape index (κ2) is 7.92. The number of carbonyl (C=O) groups excluding carboxylic acids is 2. The highest BCUT2D eigenvalue weighted by molar-refractivity contribution is 7.12. The Hall–Kier alpha value is -2.14. The zero-order valence-corrected chi connectivity index (χ0v) is 14.4. The summed E-state index contributed by atoms with van der Waals surface area (Å²) in [6.07, 6.45) is 0.792. The van der Waals surface area contributed by atoms with Crippen LogP contribution in [-0.2, 0) is 4.79 Å². The van der Waals surface area contributed by atoms with Crippen molar-refractivity contribution in [2.24, 2.45) is 0 Å². The first-order valence-corrected chi connectivity index (χ1v) is 8.60. The lowest BCUT2D eigenvalue weighted by molar-refractivity contribution is -0.123. The normalized spacial score (nSPS) is 13.2. The van der Waals surface area contributed by atoms with Crippen molar-refractivity contribution in [2.45, 2.75) is 39.3 Å². The second-order valence-electron chi connectivity index (χ2n) is 5.55. The van der Waals surface area contributed by atoms with Crippen molar-refractivity contribution in [3.8, 4) is 0 Å². The van der Waals surface area contributed by atoms with Gasteiger partial charge in [-0.15, -0.1) is 11.3 Å². The molecule has 0 fully saturated rings. The Labute approximate surface area is 140 Å². The maximum absolute atomic E-state index is 12.3. The van der Waals surface area contributed by atoms with E-state index >= 15 is 0 Å². The van der Waals surface area contributed by atoms with E-state index in [2.05, 4.69) is 10.6 Å². The lowest BCUT2D eigenvalue weighted by Gasteiger charge is -2.21. The smallest absolute Gasteiger partial charge is 0.261 e. The van der Waals surface area contributed by atoms with Crippen molar-refractivity contribution in [3.05, 3.63) is 57.8 Å². The van der Waals surface area contributed by atoms with Gasteiger partial charge in [0.2, 0.25) is 5.91 Å². The van der Waals surface area contributed by atoms with Crippen molar-refractivity contribution in [2.75, 3.05) is 0 Å². The predicted octanol–water partition coefficient (Wildman–Crippen LogP) is 3.44. The van der Waals surface area contributed by atoms with Crippen LogP contribution in [0.25, 0.3) is 0 Å². The third-order valence-corrected chi connectivity index (χ3v) is 4.56. The zero-order chi connectivity index (χ0) is 16.8. The number of thiophene rings is 1. The minimum Gasteiger partial charge on any atom is -0.348 e. The van der Waals surface area contributed by atoms with Crippen LogP contribution < -0.4 is 10.6 Å². The minimum atomic E-state index is -0.580. The standard InChI is InChI=1S/C18H22N2O2S/c1-4-15(14-9-7-12(2)8-10-14)20-17(21)13(3)19-18(22)16-6-5-11-23-16/h5-11,13,15H,4H2,1-3H3,(H,19,22)(H,20,21). The van der Waals surface area contributed by atoms with E-state index in [0.717, 1.165) is 12.0 Å². The molecule has 2 rings (SSSR count). The highest BCUT2D eigenvalue weighted by Gasteiger charge is 2.20. The van der Waals surface area contributed by atoms with Crippen LogP contribution in [0, 0.1) is 6.92 Å². The van der Waals surface area contributed by atoms with E-state index in [0.29, 0.717) is 4.88 Å². The number of aryl methyl sites for hydroxylation is 1. The third kappa shape index (κ3) is 4.66. The van der Waals surface area contributed by atoms with Crippen LogP contribution in [0.3, 0.4) is 0 Å². The van der Waals surface area contributed by atoms with E-state index in [1.807, 2.05) is 49.6 Å². The average Bonchev–Trinajstić information content (AvgIpc) is 3.07. The van der Waals surface area contributed by atoms with Gasteiger partial charge in [0.1, 0.15) is 6.04 Å². The average molecular weight is 330 g/mol. The van der Waals surface area contributed by atoms with Gasteiger partial charge in [0, 0.05) is 0 Å². The van der Waals surface area contributed by atoms with Gasteiger partial charge in [0.15, 0.2) is 0 Å². The van der Waals surface area contributed by atoms with Crippen LogP contribution in [0.2, 0.25) is 0 Å². The Morgan fingerprint density at radius 1 is 1.13 bits per heavy atom. The van der Waals surface area contributed by atoms with Gasteiger partial charge in [0.05, 0.1) is 10.9 Å². The van der Waals surface area contributed by atoms with Crippen molar-refractivity contribution in [3.63, 3.8) is 0 Å². The van der Waals surface area contributed by atoms with Crippen molar-refractivity contribution >= 4 is 23.2 Å². The fourth-order valence-corrected chi connectivity index (χ4v) is 2.88. The van der Waals surface area contributed by atoms with Crippen LogP contribution in [0.5, 0.6) is 0 Å². The second-order valence-corrected chi connectivity index (χ2v) is 6.50. The zero-order valence-electron chi connectivity index (χ0n) is 13.6. The van der Waals surface area contributed by atoms with Crippen molar-refractivity contribution in [1.82, 2.24) is 10.6 Å². The van der Waals surface area contributed by atoms with Gasteiger partial charge >= 0.3 is 0 Å². The van der Waals surface area contributed by atoms with Crippen LogP contribution in [0.15, 0.2) is 41.8 Å². The quantitative estimate of drug-likeness (QED) is 0.852. The van der Waals surface area contributed by atoms with Gasteiger partial charge < -0.3 is 10.6 Å². The first-order chi connectivity index (χ1) is 11.0. The summed E-state index contributed by atoms with van der Waals surface area (Å²) in [4.78, 5) is 24.9. The monoisotopic (exact) mass is 330 g/mol. The topological polar surface area (TPSA) is 58.2 Å². The first kappa shape index (κ1) is 17.2. The van der Waals surface area contributed by atoms with E-state index in [1.165, 1.54) is 16.9 Å². The largest absolute Gasteiger partial charge is 0.348 e. The lowest BCUT2D eigenvalue weighted by atomic mass is 10.0. The van der Waals surface area contributed by atoms with Crippen LogP contribution >= 0.6 is 11.3 Å². The molecule has 0 aliphatic rings. The fraction of sp³-hybridized carbons (Fsp3) is 0.333. The molecule has 1 heterocycles. The highest BCUT2D eigenvalue weighted by Crippen LogP contribution is 2.17. The number of rotatable bonds is 6. The number of hydrogen-bond donors (Lipinski definition) is 2. The van der Waals surface area contributed by atoms with E-state index in [4.69, 9.17) is 0 Å². The molecule has 2 N–H and O–H groups in total. The Morgan fingerprint density at radius 2 is 1.83 bits per heavy atom. The molecule has 5 heteroatoms. The molecule has 0 bridgehead atoms. The summed E-state index contributed by atoms with van der Waals surface area (Å²) >= 11 is 1.36. The summed E-state index contributed by atoms with van der Waals surface area (Å²) in [5.74, 6) is -0.395. The Kier molecular flexibility index (Phi) is 5.93. The molecule has 0 spiro atoms. The lowest BCUT2D eigenvalue weighted by Crippen LogP contribution is -2.45. The molecule has 2 atom stereocenters. The van der Waals surface area contributed by atoms with Crippen molar-refractivity contribution in [1.29, 1.82) is 0 Å². The molecule has 1 aromatic carbocycles. The molecule has 2 amide bonds. The number of nitrogens with one attached hydrogen (secondary N) is 2. The number of hydrogen-bond acceptors (Lipinski definition) is 3. The van der Waals surface area contributed by atoms with Gasteiger partial charge in [-0.05, 0) is 37.3 Å². The van der Waals surface area contributed by atoms with Crippen LogP contribution in [-0.4, -0.2) is 17.9 Å². The molecule has 2 unspecified atom stereocenters. The highest BCUT2D eigenvalue weighted by atomic mass is 32.1. The van der Waals surface area contributed by atoms with Crippen LogP contribution in [0.1, 0.15) is 47.1 Å². The van der Waals surface area contributed by atoms with Gasteiger partial charge in [-0.3, -0.25) is 9.59 Å². The Balaban J connectivity index is 1.96. The van der Waals surface area contributed by atoms with Crippen molar-refractivity contribution < 1.29 is 9.59 Å². The van der Waals surface area contributed by atoms with E-state index in [1.54, 1.807) is 13.0 Å². The molecule has 0 saturated heterocycles. The molecule has 0 radical (unpaired) electrons. The maximum Gasteiger partial charge on any atom is 0.261 e. The van der Waals surface area contributed by atoms with Crippen LogP contribution in [0.4, 0.5) is 0 Å². The molecular formula is C18H22N2O2S. The summed E-state index contributed by atoms with van der Waals surface area (Å²) in [5.41, 5.74) is 2.26. The van der Waals surface area contributed by atoms with Gasteiger partial charge in [-0.25, -0.2) is 0 Å². The van der Waals surface area contributed by atoms with E-state index < -0.39 is 6.04 Å². The summed E-state index contributed by atoms with van der Waals surface area (Å²) < 4.78 is 0. The minimum absolute atomic E-state index is 0.0517. The van der Waals surface area contributed by atoms with Gasteiger partial charge in [-0.2, -0.15) is 0 Å². The Morgan fingerprint density at radius 3 is 2.39 bits per heavy atom. The molecule has 1 aromatic heterocycles. The summed E-state index contributed by atoms with van der Waals surface area (Å²) in [6, 6.07) is 11.0. The fourth-order valence-electron chi connectivity index (χ4n) is 2.26. The summed E-state index contributed by atoms with van der Waals surface area (Å²) in [6.45, 7) is 5.76. The van der Waals surface area contributed by atoms with Gasteiger partial charge in [0.25, 0.3) is 5.91 Å². The van der Waals surface area contributed by atoms with E-state index in [9.17, 15) is 9.59 Å². The molecule has 0 saturated carbocycles. The SMILES string of the molecule is CCC(NC(=O)C(C)NC(=O)c1cccs1)c1ccc(C)cc1. The van der Waals surface area contributed by atoms with E-state index in [-0.39, 0.29) is 17.9 Å². The Bertz CT molecular complexity index is 650. The molecule has 0 aliphatic heterocycles. The first-order valence-electron chi connectivity index (χ1n) is 7.72.